The second kappa shape index (κ2) is 4.62. The summed E-state index contributed by atoms with van der Waals surface area (Å²) in [5.41, 5.74) is 8.01. The predicted octanol–water partition coefficient (Wildman–Crippen LogP) is 3.95. The first-order valence-corrected chi connectivity index (χ1v) is 6.54. The molecule has 0 bridgehead atoms. The molecule has 1 rings (SSSR count). The Hall–Kier alpha value is -0.540. The van der Waals surface area contributed by atoms with Crippen LogP contribution in [-0.4, -0.2) is 7.11 Å². The Labute approximate surface area is 113 Å². The van der Waals surface area contributed by atoms with E-state index < -0.39 is 5.54 Å². The summed E-state index contributed by atoms with van der Waals surface area (Å²) < 4.78 is 6.62. The van der Waals surface area contributed by atoms with Crippen LogP contribution in [0.5, 0.6) is 5.75 Å². The molecule has 2 nitrogen and oxygen atoms in total. The zero-order valence-corrected chi connectivity index (χ0v) is 13.1. The number of nitrogens with two attached hydrogens (primary N) is 1. The molecule has 0 radical (unpaired) electrons. The molecule has 0 aliphatic carbocycles. The smallest absolute Gasteiger partial charge is 0.127 e. The Morgan fingerprint density at radius 1 is 1.06 bits per heavy atom. The second-order valence-electron chi connectivity index (χ2n) is 6.01. The van der Waals surface area contributed by atoms with E-state index in [9.17, 15) is 0 Å². The normalized spacial score (nSPS) is 12.7. The largest absolute Gasteiger partial charge is 0.496 e. The van der Waals surface area contributed by atoms with Gasteiger partial charge in [-0.3, -0.25) is 0 Å². The molecule has 0 fully saturated rings. The summed E-state index contributed by atoms with van der Waals surface area (Å²) in [6.45, 7) is 10.5. The molecule has 0 saturated heterocycles. The van der Waals surface area contributed by atoms with Crippen LogP contribution in [-0.2, 0) is 11.0 Å². The van der Waals surface area contributed by atoms with E-state index in [4.69, 9.17) is 10.5 Å². The summed E-state index contributed by atoms with van der Waals surface area (Å²) in [6, 6.07) is 4.14. The Morgan fingerprint density at radius 2 is 1.53 bits per heavy atom. The van der Waals surface area contributed by atoms with Gasteiger partial charge in [0.25, 0.3) is 0 Å². The SMILES string of the molecule is COc1c(C(C)(C)C)cc(Br)cc1C(C)(C)N. The average molecular weight is 300 g/mol. The number of rotatable bonds is 2. The minimum atomic E-state index is -0.422. The molecule has 1 aromatic carbocycles. The van der Waals surface area contributed by atoms with Crippen LogP contribution in [0.1, 0.15) is 45.7 Å². The first-order valence-electron chi connectivity index (χ1n) is 5.74. The highest BCUT2D eigenvalue weighted by Crippen LogP contribution is 2.40. The van der Waals surface area contributed by atoms with Gasteiger partial charge in [0.15, 0.2) is 0 Å². The fourth-order valence-corrected chi connectivity index (χ4v) is 2.31. The van der Waals surface area contributed by atoms with Gasteiger partial charge in [-0.15, -0.1) is 0 Å². The zero-order chi connectivity index (χ0) is 13.4. The first kappa shape index (κ1) is 14.5. The molecular formula is C14H22BrNO. The van der Waals surface area contributed by atoms with E-state index in [1.807, 2.05) is 19.9 Å². The van der Waals surface area contributed by atoms with E-state index in [2.05, 4.69) is 42.8 Å². The molecule has 17 heavy (non-hydrogen) atoms. The van der Waals surface area contributed by atoms with Gasteiger partial charge in [0.2, 0.25) is 0 Å². The molecule has 0 amide bonds. The molecule has 0 atom stereocenters. The molecule has 2 N–H and O–H groups in total. The van der Waals surface area contributed by atoms with E-state index in [0.29, 0.717) is 0 Å². The summed E-state index contributed by atoms with van der Waals surface area (Å²) >= 11 is 3.55. The van der Waals surface area contributed by atoms with Crippen molar-refractivity contribution < 1.29 is 4.74 Å². The van der Waals surface area contributed by atoms with Crippen molar-refractivity contribution in [3.63, 3.8) is 0 Å². The molecule has 0 aromatic heterocycles. The molecule has 0 aliphatic rings. The highest BCUT2D eigenvalue weighted by molar-refractivity contribution is 9.10. The highest BCUT2D eigenvalue weighted by atomic mass is 79.9. The highest BCUT2D eigenvalue weighted by Gasteiger charge is 2.27. The van der Waals surface area contributed by atoms with Crippen LogP contribution >= 0.6 is 15.9 Å². The summed E-state index contributed by atoms with van der Waals surface area (Å²) in [7, 11) is 1.70. The topological polar surface area (TPSA) is 35.2 Å². The maximum absolute atomic E-state index is 6.21. The van der Waals surface area contributed by atoms with Crippen molar-refractivity contribution >= 4 is 15.9 Å². The van der Waals surface area contributed by atoms with Gasteiger partial charge in [-0.2, -0.15) is 0 Å². The average Bonchev–Trinajstić information content (AvgIpc) is 2.13. The van der Waals surface area contributed by atoms with Gasteiger partial charge in [0.05, 0.1) is 7.11 Å². The van der Waals surface area contributed by atoms with Crippen molar-refractivity contribution in [2.75, 3.05) is 7.11 Å². The third kappa shape index (κ3) is 3.23. The first-order chi connectivity index (χ1) is 7.57. The van der Waals surface area contributed by atoms with Crippen molar-refractivity contribution in [1.82, 2.24) is 0 Å². The molecular weight excluding hydrogens is 278 g/mol. The van der Waals surface area contributed by atoms with Crippen molar-refractivity contribution in [3.05, 3.63) is 27.7 Å². The lowest BCUT2D eigenvalue weighted by molar-refractivity contribution is 0.378. The van der Waals surface area contributed by atoms with Gasteiger partial charge < -0.3 is 10.5 Å². The third-order valence-electron chi connectivity index (χ3n) is 2.76. The van der Waals surface area contributed by atoms with Crippen molar-refractivity contribution in [2.24, 2.45) is 5.73 Å². The fraction of sp³-hybridized carbons (Fsp3) is 0.571. The molecule has 0 aliphatic heterocycles. The van der Waals surface area contributed by atoms with Gasteiger partial charge in [0.1, 0.15) is 5.75 Å². The molecule has 0 unspecified atom stereocenters. The van der Waals surface area contributed by atoms with Crippen molar-refractivity contribution in [2.45, 2.75) is 45.6 Å². The van der Waals surface area contributed by atoms with Crippen LogP contribution < -0.4 is 10.5 Å². The predicted molar refractivity (Wildman–Crippen MR) is 76.6 cm³/mol. The second-order valence-corrected chi connectivity index (χ2v) is 6.92. The Kier molecular flexibility index (Phi) is 3.94. The van der Waals surface area contributed by atoms with Gasteiger partial charge in [-0.25, -0.2) is 0 Å². The van der Waals surface area contributed by atoms with E-state index in [-0.39, 0.29) is 5.41 Å². The Bertz CT molecular complexity index is 378. The lowest BCUT2D eigenvalue weighted by Crippen LogP contribution is -2.30. The van der Waals surface area contributed by atoms with Crippen LogP contribution in [0.25, 0.3) is 0 Å². The molecule has 3 heteroatoms. The number of methoxy groups -OCH3 is 1. The summed E-state index contributed by atoms with van der Waals surface area (Å²) in [5, 5.41) is 0. The lowest BCUT2D eigenvalue weighted by atomic mass is 9.82. The molecule has 1 aromatic rings. The minimum Gasteiger partial charge on any atom is -0.496 e. The number of halogens is 1. The van der Waals surface area contributed by atoms with E-state index in [1.54, 1.807) is 7.11 Å². The van der Waals surface area contributed by atoms with Crippen LogP contribution in [0.15, 0.2) is 16.6 Å². The van der Waals surface area contributed by atoms with Crippen LogP contribution in [0, 0.1) is 0 Å². The lowest BCUT2D eigenvalue weighted by Gasteiger charge is -2.29. The van der Waals surface area contributed by atoms with E-state index in [1.165, 1.54) is 5.56 Å². The van der Waals surface area contributed by atoms with E-state index >= 15 is 0 Å². The maximum atomic E-state index is 6.21. The number of ether oxygens (including phenoxy) is 1. The van der Waals surface area contributed by atoms with Crippen LogP contribution in [0.4, 0.5) is 0 Å². The number of hydrogen-bond donors (Lipinski definition) is 1. The maximum Gasteiger partial charge on any atom is 0.127 e. The zero-order valence-electron chi connectivity index (χ0n) is 11.5. The van der Waals surface area contributed by atoms with E-state index in [0.717, 1.165) is 15.8 Å². The minimum absolute atomic E-state index is 0.0229. The third-order valence-corrected chi connectivity index (χ3v) is 3.22. The molecule has 0 saturated carbocycles. The monoisotopic (exact) mass is 299 g/mol. The van der Waals surface area contributed by atoms with Crippen LogP contribution in [0.3, 0.4) is 0 Å². The molecule has 0 spiro atoms. The number of hydrogen-bond acceptors (Lipinski definition) is 2. The standard InChI is InChI=1S/C14H22BrNO/c1-13(2,3)10-7-9(15)8-11(12(10)17-6)14(4,5)16/h7-8H,16H2,1-6H3. The fourth-order valence-electron chi connectivity index (χ4n) is 1.85. The van der Waals surface area contributed by atoms with Crippen molar-refractivity contribution in [1.29, 1.82) is 0 Å². The molecule has 96 valence electrons. The Morgan fingerprint density at radius 3 is 1.88 bits per heavy atom. The summed E-state index contributed by atoms with van der Waals surface area (Å²) in [5.74, 6) is 0.896. The summed E-state index contributed by atoms with van der Waals surface area (Å²) in [6.07, 6.45) is 0. The van der Waals surface area contributed by atoms with Crippen molar-refractivity contribution in [3.8, 4) is 5.75 Å². The van der Waals surface area contributed by atoms with Gasteiger partial charge in [0, 0.05) is 21.1 Å². The van der Waals surface area contributed by atoms with Gasteiger partial charge in [-0.1, -0.05) is 36.7 Å². The molecule has 0 heterocycles. The summed E-state index contributed by atoms with van der Waals surface area (Å²) in [4.78, 5) is 0. The quantitative estimate of drug-likeness (QED) is 0.897. The Balaban J connectivity index is 3.58. The number of benzene rings is 1. The van der Waals surface area contributed by atoms with Crippen LogP contribution in [0.2, 0.25) is 0 Å². The van der Waals surface area contributed by atoms with Gasteiger partial charge in [-0.05, 0) is 31.4 Å². The van der Waals surface area contributed by atoms with Gasteiger partial charge >= 0.3 is 0 Å².